The highest BCUT2D eigenvalue weighted by molar-refractivity contribution is 9.10. The van der Waals surface area contributed by atoms with Crippen LogP contribution in [0, 0.1) is 11.6 Å². The number of nitrogens with zero attached hydrogens (tertiary/aromatic N) is 3. The summed E-state index contributed by atoms with van der Waals surface area (Å²) < 4.78 is 58.2. The molecule has 0 fully saturated rings. The highest BCUT2D eigenvalue weighted by Crippen LogP contribution is 2.35. The SMILES string of the molecule is CC(C)(C)OC(=O)n1cc(-c2nc(S(C)(=O)=O)ncc2Br)c2cc(F)c(F)cc21. The van der Waals surface area contributed by atoms with Crippen molar-refractivity contribution in [1.82, 2.24) is 14.5 Å². The molecule has 11 heteroatoms. The summed E-state index contributed by atoms with van der Waals surface area (Å²) in [6, 6.07) is 1.78. The van der Waals surface area contributed by atoms with Gasteiger partial charge in [0.05, 0.1) is 15.7 Å². The molecule has 0 saturated carbocycles. The first-order chi connectivity index (χ1) is 13.3. The van der Waals surface area contributed by atoms with Crippen LogP contribution in [0.1, 0.15) is 20.8 Å². The molecule has 0 amide bonds. The zero-order chi connectivity index (χ0) is 21.7. The third kappa shape index (κ3) is 4.30. The lowest BCUT2D eigenvalue weighted by Gasteiger charge is -2.19. The molecule has 0 radical (unpaired) electrons. The zero-order valence-corrected chi connectivity index (χ0v) is 18.2. The van der Waals surface area contributed by atoms with Gasteiger partial charge in [0.15, 0.2) is 11.6 Å². The van der Waals surface area contributed by atoms with E-state index in [1.54, 1.807) is 20.8 Å². The number of aromatic nitrogens is 3. The van der Waals surface area contributed by atoms with Crippen LogP contribution in [0.25, 0.3) is 22.2 Å². The molecule has 7 nitrogen and oxygen atoms in total. The summed E-state index contributed by atoms with van der Waals surface area (Å²) in [7, 11) is -3.73. The fourth-order valence-electron chi connectivity index (χ4n) is 2.59. The molecule has 0 saturated heterocycles. The Bertz CT molecular complexity index is 1250. The molecule has 0 spiro atoms. The van der Waals surface area contributed by atoms with Crippen molar-refractivity contribution < 1.29 is 26.7 Å². The van der Waals surface area contributed by atoms with Crippen molar-refractivity contribution in [1.29, 1.82) is 0 Å². The Morgan fingerprint density at radius 3 is 2.41 bits per heavy atom. The first kappa shape index (κ1) is 21.3. The Labute approximate surface area is 173 Å². The van der Waals surface area contributed by atoms with Gasteiger partial charge in [0.25, 0.3) is 0 Å². The highest BCUT2D eigenvalue weighted by Gasteiger charge is 2.25. The van der Waals surface area contributed by atoms with E-state index < -0.39 is 38.3 Å². The van der Waals surface area contributed by atoms with Crippen LogP contribution >= 0.6 is 15.9 Å². The number of hydrogen-bond acceptors (Lipinski definition) is 6. The number of hydrogen-bond donors (Lipinski definition) is 0. The summed E-state index contributed by atoms with van der Waals surface area (Å²) in [5.74, 6) is -2.28. The van der Waals surface area contributed by atoms with Gasteiger partial charge in [-0.3, -0.25) is 4.57 Å². The van der Waals surface area contributed by atoms with Crippen LogP contribution in [-0.4, -0.2) is 40.9 Å². The third-order valence-corrected chi connectivity index (χ3v) is 5.19. The Morgan fingerprint density at radius 1 is 1.21 bits per heavy atom. The largest absolute Gasteiger partial charge is 0.443 e. The summed E-state index contributed by atoms with van der Waals surface area (Å²) in [6.45, 7) is 4.99. The van der Waals surface area contributed by atoms with Crippen LogP contribution in [0.5, 0.6) is 0 Å². The molecule has 2 aromatic heterocycles. The number of sulfone groups is 1. The lowest BCUT2D eigenvalue weighted by Crippen LogP contribution is -2.26. The summed E-state index contributed by atoms with van der Waals surface area (Å²) in [5, 5.41) is -0.301. The van der Waals surface area contributed by atoms with Gasteiger partial charge in [-0.25, -0.2) is 32.0 Å². The molecule has 0 aliphatic rings. The normalized spacial score (nSPS) is 12.4. The minimum atomic E-state index is -3.73. The maximum atomic E-state index is 14.0. The quantitative estimate of drug-likeness (QED) is 0.499. The van der Waals surface area contributed by atoms with Crippen molar-refractivity contribution in [2.75, 3.05) is 6.26 Å². The number of carbonyl (C=O) groups excluding carboxylic acids is 1. The minimum absolute atomic E-state index is 0.0413. The highest BCUT2D eigenvalue weighted by atomic mass is 79.9. The van der Waals surface area contributed by atoms with E-state index in [0.717, 1.165) is 23.0 Å². The monoisotopic (exact) mass is 487 g/mol. The summed E-state index contributed by atoms with van der Waals surface area (Å²) in [4.78, 5) is 20.4. The van der Waals surface area contributed by atoms with Crippen LogP contribution < -0.4 is 0 Å². The third-order valence-electron chi connectivity index (χ3n) is 3.75. The standard InChI is InChI=1S/C18H16BrF2N3O4S/c1-18(2,3)28-17(25)24-8-10(9-5-12(20)13(21)6-14(9)24)15-11(19)7-22-16(23-15)29(4,26)27/h5-8H,1-4H3. The first-order valence-corrected chi connectivity index (χ1v) is 10.9. The Hall–Kier alpha value is -2.40. The molecule has 0 bridgehead atoms. The van der Waals surface area contributed by atoms with E-state index >= 15 is 0 Å². The van der Waals surface area contributed by atoms with Gasteiger partial charge in [0.2, 0.25) is 15.0 Å². The lowest BCUT2D eigenvalue weighted by molar-refractivity contribution is 0.0544. The molecule has 0 atom stereocenters. The van der Waals surface area contributed by atoms with Crippen LogP contribution in [0.4, 0.5) is 13.6 Å². The Kier molecular flexibility index (Phi) is 5.24. The fourth-order valence-corrected chi connectivity index (χ4v) is 3.49. The van der Waals surface area contributed by atoms with Gasteiger partial charge in [0, 0.05) is 35.7 Å². The maximum Gasteiger partial charge on any atom is 0.419 e. The van der Waals surface area contributed by atoms with E-state index in [1.807, 2.05) is 0 Å². The summed E-state index contributed by atoms with van der Waals surface area (Å²) >= 11 is 3.23. The minimum Gasteiger partial charge on any atom is -0.443 e. The summed E-state index contributed by atoms with van der Waals surface area (Å²) in [6.07, 6.45) is 2.65. The second-order valence-corrected chi connectivity index (χ2v) is 10.1. The summed E-state index contributed by atoms with van der Waals surface area (Å²) in [5.41, 5.74) is -0.493. The molecule has 0 unspecified atom stereocenters. The molecule has 0 aliphatic heterocycles. The van der Waals surface area contributed by atoms with Crippen molar-refractivity contribution in [3.8, 4) is 11.3 Å². The van der Waals surface area contributed by atoms with Gasteiger partial charge in [-0.2, -0.15) is 0 Å². The lowest BCUT2D eigenvalue weighted by atomic mass is 10.1. The van der Waals surface area contributed by atoms with Crippen LogP contribution in [0.15, 0.2) is 34.2 Å². The molecular weight excluding hydrogens is 472 g/mol. The van der Waals surface area contributed by atoms with E-state index in [0.29, 0.717) is 4.47 Å². The van der Waals surface area contributed by atoms with Gasteiger partial charge >= 0.3 is 6.09 Å². The van der Waals surface area contributed by atoms with E-state index in [9.17, 15) is 22.0 Å². The van der Waals surface area contributed by atoms with Gasteiger partial charge in [0.1, 0.15) is 5.60 Å². The molecule has 3 aromatic rings. The van der Waals surface area contributed by atoms with E-state index in [4.69, 9.17) is 4.74 Å². The topological polar surface area (TPSA) is 91.2 Å². The van der Waals surface area contributed by atoms with Crippen molar-refractivity contribution in [2.24, 2.45) is 0 Å². The number of carbonyl (C=O) groups is 1. The van der Waals surface area contributed by atoms with Gasteiger partial charge in [-0.15, -0.1) is 0 Å². The van der Waals surface area contributed by atoms with Gasteiger partial charge < -0.3 is 4.74 Å². The van der Waals surface area contributed by atoms with Crippen molar-refractivity contribution in [3.05, 3.63) is 40.6 Å². The number of fused-ring (bicyclic) bond motifs is 1. The van der Waals surface area contributed by atoms with E-state index in [2.05, 4.69) is 25.9 Å². The number of halogens is 3. The first-order valence-electron chi connectivity index (χ1n) is 8.24. The maximum absolute atomic E-state index is 14.0. The zero-order valence-electron chi connectivity index (χ0n) is 15.8. The molecule has 154 valence electrons. The molecule has 3 rings (SSSR count). The van der Waals surface area contributed by atoms with Crippen LogP contribution in [0.2, 0.25) is 0 Å². The predicted octanol–water partition coefficient (Wildman–Crippen LogP) is 4.33. The smallest absolute Gasteiger partial charge is 0.419 e. The number of rotatable bonds is 2. The second kappa shape index (κ2) is 7.13. The molecule has 0 aliphatic carbocycles. The Morgan fingerprint density at radius 2 is 1.83 bits per heavy atom. The van der Waals surface area contributed by atoms with Crippen molar-refractivity contribution in [2.45, 2.75) is 31.5 Å². The number of ether oxygens (including phenoxy) is 1. The van der Waals surface area contributed by atoms with E-state index in [1.165, 1.54) is 12.4 Å². The van der Waals surface area contributed by atoms with E-state index in [-0.39, 0.29) is 22.2 Å². The molecule has 0 N–H and O–H groups in total. The van der Waals surface area contributed by atoms with Gasteiger partial charge in [-0.1, -0.05) is 0 Å². The average Bonchev–Trinajstić information content (AvgIpc) is 2.91. The van der Waals surface area contributed by atoms with Crippen LogP contribution in [-0.2, 0) is 14.6 Å². The average molecular weight is 488 g/mol. The van der Waals surface area contributed by atoms with Crippen molar-refractivity contribution in [3.63, 3.8) is 0 Å². The molecule has 29 heavy (non-hydrogen) atoms. The second-order valence-electron chi connectivity index (χ2n) is 7.30. The number of benzene rings is 1. The molecule has 1 aromatic carbocycles. The predicted molar refractivity (Wildman–Crippen MR) is 105 cm³/mol. The molecular formula is C18H16BrF2N3O4S. The Balaban J connectivity index is 2.32. The molecule has 2 heterocycles. The fraction of sp³-hybridized carbons (Fsp3) is 0.278. The van der Waals surface area contributed by atoms with Crippen molar-refractivity contribution >= 4 is 42.8 Å². The van der Waals surface area contributed by atoms with Gasteiger partial charge in [-0.05, 0) is 42.8 Å². The van der Waals surface area contributed by atoms with Crippen LogP contribution in [0.3, 0.4) is 0 Å².